The highest BCUT2D eigenvalue weighted by atomic mass is 32.2. The molecule has 1 fully saturated rings. The topological polar surface area (TPSA) is 46.5 Å². The molecule has 0 radical (unpaired) electrons. The molecule has 0 aromatic heterocycles. The molecule has 9 heavy (non-hydrogen) atoms. The molecule has 0 amide bonds. The molecule has 1 aliphatic rings. The first-order valence-corrected chi connectivity index (χ1v) is 4.10. The SMILES string of the molecule is O=S(O)OC1CCCC1. The molecule has 0 aliphatic heterocycles. The van der Waals surface area contributed by atoms with Crippen LogP contribution in [0.4, 0.5) is 0 Å². The van der Waals surface area contributed by atoms with Gasteiger partial charge in [0.1, 0.15) is 0 Å². The van der Waals surface area contributed by atoms with Gasteiger partial charge in [0.25, 0.3) is 0 Å². The van der Waals surface area contributed by atoms with Gasteiger partial charge >= 0.3 is 11.4 Å². The molecule has 0 spiro atoms. The van der Waals surface area contributed by atoms with Crippen molar-refractivity contribution >= 4 is 11.4 Å². The van der Waals surface area contributed by atoms with Crippen LogP contribution in [0.2, 0.25) is 0 Å². The molecule has 0 heterocycles. The van der Waals surface area contributed by atoms with Crippen LogP contribution in [-0.4, -0.2) is 14.9 Å². The Morgan fingerprint density at radius 3 is 2.44 bits per heavy atom. The predicted octanol–water partition coefficient (Wildman–Crippen LogP) is 1.08. The van der Waals surface area contributed by atoms with E-state index in [0.717, 1.165) is 25.7 Å². The van der Waals surface area contributed by atoms with Crippen LogP contribution < -0.4 is 0 Å². The minimum Gasteiger partial charge on any atom is -0.284 e. The van der Waals surface area contributed by atoms with Crippen molar-refractivity contribution in [3.05, 3.63) is 0 Å². The number of hydrogen-bond donors (Lipinski definition) is 1. The van der Waals surface area contributed by atoms with Gasteiger partial charge in [0.15, 0.2) is 0 Å². The Bertz CT molecular complexity index is 109. The van der Waals surface area contributed by atoms with Crippen molar-refractivity contribution in [2.24, 2.45) is 0 Å². The summed E-state index contributed by atoms with van der Waals surface area (Å²) in [7, 11) is 0. The molecule has 54 valence electrons. The first-order chi connectivity index (χ1) is 4.29. The maximum atomic E-state index is 10.0. The molecule has 1 rings (SSSR count). The first kappa shape index (κ1) is 7.18. The Labute approximate surface area is 56.9 Å². The fraction of sp³-hybridized carbons (Fsp3) is 1.00. The summed E-state index contributed by atoms with van der Waals surface area (Å²) in [6, 6.07) is 0. The maximum Gasteiger partial charge on any atom is 0.302 e. The average molecular weight is 150 g/mol. The summed E-state index contributed by atoms with van der Waals surface area (Å²) >= 11 is -2.06. The third-order valence-corrected chi connectivity index (χ3v) is 1.96. The average Bonchev–Trinajstić information content (AvgIpc) is 2.15. The molecule has 0 saturated heterocycles. The quantitative estimate of drug-likeness (QED) is 0.599. The van der Waals surface area contributed by atoms with Crippen molar-refractivity contribution in [1.82, 2.24) is 0 Å². The molecule has 0 aromatic rings. The van der Waals surface area contributed by atoms with Crippen molar-refractivity contribution in [2.45, 2.75) is 31.8 Å². The normalized spacial score (nSPS) is 24.6. The van der Waals surface area contributed by atoms with Crippen LogP contribution in [0.3, 0.4) is 0 Å². The second-order valence-corrected chi connectivity index (χ2v) is 2.85. The van der Waals surface area contributed by atoms with Crippen molar-refractivity contribution < 1.29 is 12.9 Å². The number of hydrogen-bond acceptors (Lipinski definition) is 2. The van der Waals surface area contributed by atoms with Crippen LogP contribution in [0, 0.1) is 0 Å². The highest BCUT2D eigenvalue weighted by Gasteiger charge is 2.17. The van der Waals surface area contributed by atoms with E-state index in [-0.39, 0.29) is 6.10 Å². The summed E-state index contributed by atoms with van der Waals surface area (Å²) in [4.78, 5) is 0. The molecule has 1 atom stereocenters. The van der Waals surface area contributed by atoms with Crippen LogP contribution in [0.5, 0.6) is 0 Å². The molecule has 1 aliphatic carbocycles. The minimum atomic E-state index is -2.06. The van der Waals surface area contributed by atoms with Crippen LogP contribution in [0.1, 0.15) is 25.7 Å². The van der Waals surface area contributed by atoms with E-state index in [1.54, 1.807) is 0 Å². The van der Waals surface area contributed by atoms with E-state index in [9.17, 15) is 4.21 Å². The first-order valence-electron chi connectivity index (χ1n) is 3.07. The molecule has 4 heteroatoms. The molecular formula is C5H10O3S. The lowest BCUT2D eigenvalue weighted by molar-refractivity contribution is 0.211. The fourth-order valence-electron chi connectivity index (χ4n) is 1.10. The van der Waals surface area contributed by atoms with E-state index >= 15 is 0 Å². The zero-order valence-corrected chi connectivity index (χ0v) is 5.89. The van der Waals surface area contributed by atoms with Gasteiger partial charge in [-0.3, -0.25) is 8.74 Å². The van der Waals surface area contributed by atoms with Crippen LogP contribution in [0.15, 0.2) is 0 Å². The second kappa shape index (κ2) is 3.29. The molecule has 0 aromatic carbocycles. The van der Waals surface area contributed by atoms with E-state index in [0.29, 0.717) is 0 Å². The zero-order chi connectivity index (χ0) is 6.69. The van der Waals surface area contributed by atoms with Gasteiger partial charge in [-0.15, -0.1) is 0 Å². The summed E-state index contributed by atoms with van der Waals surface area (Å²) in [5.41, 5.74) is 0. The Balaban J connectivity index is 2.19. The summed E-state index contributed by atoms with van der Waals surface area (Å²) in [5, 5.41) is 0. The Morgan fingerprint density at radius 1 is 1.44 bits per heavy atom. The lowest BCUT2D eigenvalue weighted by Crippen LogP contribution is -2.08. The minimum absolute atomic E-state index is 0.0378. The monoisotopic (exact) mass is 150 g/mol. The molecule has 3 nitrogen and oxygen atoms in total. The molecule has 0 bridgehead atoms. The maximum absolute atomic E-state index is 10.0. The summed E-state index contributed by atoms with van der Waals surface area (Å²) in [5.74, 6) is 0. The van der Waals surface area contributed by atoms with E-state index < -0.39 is 11.4 Å². The van der Waals surface area contributed by atoms with Crippen molar-refractivity contribution in [2.75, 3.05) is 0 Å². The van der Waals surface area contributed by atoms with Gasteiger partial charge < -0.3 is 0 Å². The van der Waals surface area contributed by atoms with Crippen molar-refractivity contribution in [1.29, 1.82) is 0 Å². The van der Waals surface area contributed by atoms with Gasteiger partial charge in [0.05, 0.1) is 6.10 Å². The van der Waals surface area contributed by atoms with Gasteiger partial charge in [-0.05, 0) is 12.8 Å². The lowest BCUT2D eigenvalue weighted by Gasteiger charge is -2.03. The Kier molecular flexibility index (Phi) is 2.63. The van der Waals surface area contributed by atoms with Crippen LogP contribution in [0.25, 0.3) is 0 Å². The zero-order valence-electron chi connectivity index (χ0n) is 5.08. The van der Waals surface area contributed by atoms with Gasteiger partial charge in [0.2, 0.25) is 0 Å². The van der Waals surface area contributed by atoms with Crippen LogP contribution in [-0.2, 0) is 15.5 Å². The van der Waals surface area contributed by atoms with E-state index in [2.05, 4.69) is 4.18 Å². The van der Waals surface area contributed by atoms with E-state index in [1.165, 1.54) is 0 Å². The molecule has 1 N–H and O–H groups in total. The lowest BCUT2D eigenvalue weighted by atomic mass is 10.3. The molecule has 1 saturated carbocycles. The van der Waals surface area contributed by atoms with E-state index in [1.807, 2.05) is 0 Å². The van der Waals surface area contributed by atoms with E-state index in [4.69, 9.17) is 4.55 Å². The predicted molar refractivity (Wildman–Crippen MR) is 34.1 cm³/mol. The number of rotatable bonds is 2. The van der Waals surface area contributed by atoms with Gasteiger partial charge in [-0.25, -0.2) is 0 Å². The highest BCUT2D eigenvalue weighted by molar-refractivity contribution is 7.74. The van der Waals surface area contributed by atoms with Gasteiger partial charge in [-0.2, -0.15) is 4.21 Å². The summed E-state index contributed by atoms with van der Waals surface area (Å²) in [6.07, 6.45) is 4.17. The van der Waals surface area contributed by atoms with Crippen molar-refractivity contribution in [3.8, 4) is 0 Å². The highest BCUT2D eigenvalue weighted by Crippen LogP contribution is 2.21. The smallest absolute Gasteiger partial charge is 0.284 e. The fourth-order valence-corrected chi connectivity index (χ4v) is 1.53. The molecule has 1 unspecified atom stereocenters. The van der Waals surface area contributed by atoms with Gasteiger partial charge in [-0.1, -0.05) is 12.8 Å². The standard InChI is InChI=1S/C5H10O3S/c6-9(7)8-5-3-1-2-4-5/h5H,1-4H2,(H,6,7). The largest absolute Gasteiger partial charge is 0.302 e. The third kappa shape index (κ3) is 2.43. The van der Waals surface area contributed by atoms with Crippen molar-refractivity contribution in [3.63, 3.8) is 0 Å². The second-order valence-electron chi connectivity index (χ2n) is 2.22. The third-order valence-electron chi connectivity index (χ3n) is 1.52. The summed E-state index contributed by atoms with van der Waals surface area (Å²) < 4.78 is 22.9. The Morgan fingerprint density at radius 2 is 2.00 bits per heavy atom. The molecular weight excluding hydrogens is 140 g/mol. The van der Waals surface area contributed by atoms with Gasteiger partial charge in [0, 0.05) is 0 Å². The summed E-state index contributed by atoms with van der Waals surface area (Å²) in [6.45, 7) is 0. The Hall–Kier alpha value is 0.0700. The van der Waals surface area contributed by atoms with Crippen LogP contribution >= 0.6 is 0 Å².